The van der Waals surface area contributed by atoms with Gasteiger partial charge in [-0.2, -0.15) is 4.31 Å². The summed E-state index contributed by atoms with van der Waals surface area (Å²) in [6.45, 7) is 7.16. The van der Waals surface area contributed by atoms with Crippen molar-refractivity contribution in [1.82, 2.24) is 14.5 Å². The van der Waals surface area contributed by atoms with Gasteiger partial charge in [0.1, 0.15) is 0 Å². The van der Waals surface area contributed by atoms with Crippen LogP contribution in [0.15, 0.2) is 27.6 Å². The third-order valence-corrected chi connectivity index (χ3v) is 7.34. The molecule has 1 N–H and O–H groups in total. The molecule has 8 heteroatoms. The van der Waals surface area contributed by atoms with Crippen LogP contribution in [0, 0.1) is 6.92 Å². The first-order chi connectivity index (χ1) is 10.5. The average Bonchev–Trinajstić information content (AvgIpc) is 2.98. The summed E-state index contributed by atoms with van der Waals surface area (Å²) in [6.07, 6.45) is 0.919. The lowest BCUT2D eigenvalue weighted by Crippen LogP contribution is -2.49. The smallest absolute Gasteiger partial charge is 0.244 e. The minimum absolute atomic E-state index is 0. The SMILES string of the molecule is Cc1ccc(S(=O)(=O)N2CCC(N3CCNCC3)C2)c(Br)c1.Cl. The van der Waals surface area contributed by atoms with E-state index in [0.29, 0.717) is 28.5 Å². The van der Waals surface area contributed by atoms with Crippen molar-refractivity contribution in [2.24, 2.45) is 0 Å². The van der Waals surface area contributed by atoms with Crippen LogP contribution in [0.5, 0.6) is 0 Å². The van der Waals surface area contributed by atoms with Crippen LogP contribution < -0.4 is 5.32 Å². The van der Waals surface area contributed by atoms with Gasteiger partial charge < -0.3 is 5.32 Å². The predicted octanol–water partition coefficient (Wildman–Crippen LogP) is 1.85. The molecule has 2 heterocycles. The van der Waals surface area contributed by atoms with Crippen LogP contribution >= 0.6 is 28.3 Å². The predicted molar refractivity (Wildman–Crippen MR) is 97.7 cm³/mol. The van der Waals surface area contributed by atoms with Gasteiger partial charge in [0.15, 0.2) is 0 Å². The minimum atomic E-state index is -3.41. The molecule has 23 heavy (non-hydrogen) atoms. The van der Waals surface area contributed by atoms with Crippen LogP contribution in [0.3, 0.4) is 0 Å². The Balaban J connectivity index is 0.00000192. The zero-order chi connectivity index (χ0) is 15.7. The molecule has 1 unspecified atom stereocenters. The van der Waals surface area contributed by atoms with E-state index in [1.807, 2.05) is 19.1 Å². The standard InChI is InChI=1S/C15H22BrN3O2S.ClH/c1-12-2-3-15(14(16)10-12)22(20,21)19-7-4-13(11-19)18-8-5-17-6-9-18;/h2-3,10,13,17H,4-9,11H2,1H3;1H. The maximum Gasteiger partial charge on any atom is 0.244 e. The first kappa shape index (κ1) is 19.1. The van der Waals surface area contributed by atoms with E-state index in [4.69, 9.17) is 0 Å². The second kappa shape index (κ2) is 7.80. The Bertz CT molecular complexity index is 650. The fraction of sp³-hybridized carbons (Fsp3) is 0.600. The summed E-state index contributed by atoms with van der Waals surface area (Å²) < 4.78 is 28.0. The highest BCUT2D eigenvalue weighted by Crippen LogP contribution is 2.29. The monoisotopic (exact) mass is 423 g/mol. The Labute approximate surface area is 153 Å². The summed E-state index contributed by atoms with van der Waals surface area (Å²) in [5.41, 5.74) is 1.05. The Morgan fingerprint density at radius 2 is 1.91 bits per heavy atom. The first-order valence-corrected chi connectivity index (χ1v) is 9.93. The number of piperazine rings is 1. The molecule has 1 atom stereocenters. The zero-order valence-corrected chi connectivity index (χ0v) is 16.4. The van der Waals surface area contributed by atoms with E-state index in [1.165, 1.54) is 0 Å². The number of halogens is 2. The minimum Gasteiger partial charge on any atom is -0.314 e. The molecule has 2 fully saturated rings. The van der Waals surface area contributed by atoms with Crippen LogP contribution in [0.1, 0.15) is 12.0 Å². The lowest BCUT2D eigenvalue weighted by Gasteiger charge is -2.32. The highest BCUT2D eigenvalue weighted by Gasteiger charge is 2.36. The van der Waals surface area contributed by atoms with E-state index in [-0.39, 0.29) is 12.4 Å². The molecule has 0 amide bonds. The Morgan fingerprint density at radius 1 is 1.22 bits per heavy atom. The van der Waals surface area contributed by atoms with Gasteiger partial charge in [-0.25, -0.2) is 8.42 Å². The molecule has 0 radical (unpaired) electrons. The van der Waals surface area contributed by atoms with E-state index in [2.05, 4.69) is 26.1 Å². The van der Waals surface area contributed by atoms with Crippen molar-refractivity contribution in [3.05, 3.63) is 28.2 Å². The van der Waals surface area contributed by atoms with Gasteiger partial charge in [-0.1, -0.05) is 6.07 Å². The second-order valence-electron chi connectivity index (χ2n) is 6.03. The topological polar surface area (TPSA) is 52.7 Å². The van der Waals surface area contributed by atoms with Gasteiger partial charge in [-0.05, 0) is 47.0 Å². The van der Waals surface area contributed by atoms with E-state index in [9.17, 15) is 8.42 Å². The van der Waals surface area contributed by atoms with E-state index < -0.39 is 10.0 Å². The number of aryl methyl sites for hydroxylation is 1. The average molecular weight is 425 g/mol. The summed E-state index contributed by atoms with van der Waals surface area (Å²) in [6, 6.07) is 5.76. The number of nitrogens with one attached hydrogen (secondary N) is 1. The van der Waals surface area contributed by atoms with Gasteiger partial charge in [-0.3, -0.25) is 4.90 Å². The van der Waals surface area contributed by atoms with Gasteiger partial charge in [-0.15, -0.1) is 12.4 Å². The Morgan fingerprint density at radius 3 is 2.57 bits per heavy atom. The molecule has 0 spiro atoms. The maximum atomic E-state index is 12.9. The van der Waals surface area contributed by atoms with Crippen molar-refractivity contribution in [2.45, 2.75) is 24.3 Å². The van der Waals surface area contributed by atoms with Crippen LogP contribution in [0.4, 0.5) is 0 Å². The van der Waals surface area contributed by atoms with Gasteiger partial charge >= 0.3 is 0 Å². The number of hydrogen-bond donors (Lipinski definition) is 1. The molecule has 0 saturated carbocycles. The molecule has 2 saturated heterocycles. The van der Waals surface area contributed by atoms with Gasteiger partial charge in [0.05, 0.1) is 4.90 Å². The van der Waals surface area contributed by atoms with Crippen molar-refractivity contribution < 1.29 is 8.42 Å². The van der Waals surface area contributed by atoms with Crippen molar-refractivity contribution in [2.75, 3.05) is 39.3 Å². The molecular weight excluding hydrogens is 402 g/mol. The molecule has 0 aliphatic carbocycles. The van der Waals surface area contributed by atoms with Gasteiger partial charge in [0, 0.05) is 49.8 Å². The molecule has 5 nitrogen and oxygen atoms in total. The Kier molecular flexibility index (Phi) is 6.49. The largest absolute Gasteiger partial charge is 0.314 e. The molecule has 0 aromatic heterocycles. The summed E-state index contributed by atoms with van der Waals surface area (Å²) in [5.74, 6) is 0. The molecule has 0 bridgehead atoms. The third kappa shape index (κ3) is 4.08. The Hall–Kier alpha value is -0.180. The van der Waals surface area contributed by atoms with Crippen LogP contribution in [0.25, 0.3) is 0 Å². The number of hydrogen-bond acceptors (Lipinski definition) is 4. The number of nitrogens with zero attached hydrogens (tertiary/aromatic N) is 2. The van der Waals surface area contributed by atoms with Crippen molar-refractivity contribution >= 4 is 38.4 Å². The van der Waals surface area contributed by atoms with E-state index >= 15 is 0 Å². The van der Waals surface area contributed by atoms with Gasteiger partial charge in [0.2, 0.25) is 10.0 Å². The van der Waals surface area contributed by atoms with Crippen LogP contribution in [-0.2, 0) is 10.0 Å². The fourth-order valence-electron chi connectivity index (χ4n) is 3.23. The fourth-order valence-corrected chi connectivity index (χ4v) is 5.87. The van der Waals surface area contributed by atoms with Crippen LogP contribution in [0.2, 0.25) is 0 Å². The first-order valence-electron chi connectivity index (χ1n) is 7.69. The van der Waals surface area contributed by atoms with Crippen molar-refractivity contribution in [1.29, 1.82) is 0 Å². The number of rotatable bonds is 3. The zero-order valence-electron chi connectivity index (χ0n) is 13.2. The highest BCUT2D eigenvalue weighted by atomic mass is 79.9. The summed E-state index contributed by atoms with van der Waals surface area (Å²) in [4.78, 5) is 2.79. The highest BCUT2D eigenvalue weighted by molar-refractivity contribution is 9.10. The molecule has 3 rings (SSSR count). The number of benzene rings is 1. The summed E-state index contributed by atoms with van der Waals surface area (Å²) in [5, 5.41) is 3.34. The quantitative estimate of drug-likeness (QED) is 0.804. The molecule has 1 aromatic carbocycles. The van der Waals surface area contributed by atoms with E-state index in [0.717, 1.165) is 38.2 Å². The van der Waals surface area contributed by atoms with E-state index in [1.54, 1.807) is 10.4 Å². The molecule has 2 aliphatic heterocycles. The van der Waals surface area contributed by atoms with Crippen molar-refractivity contribution in [3.63, 3.8) is 0 Å². The van der Waals surface area contributed by atoms with Crippen molar-refractivity contribution in [3.8, 4) is 0 Å². The summed E-state index contributed by atoms with van der Waals surface area (Å²) >= 11 is 3.40. The summed E-state index contributed by atoms with van der Waals surface area (Å²) in [7, 11) is -3.41. The normalized spacial score (nSPS) is 23.7. The number of sulfonamides is 1. The molecule has 2 aliphatic rings. The molecular formula is C15H23BrClN3O2S. The van der Waals surface area contributed by atoms with Crippen LogP contribution in [-0.4, -0.2) is 62.9 Å². The second-order valence-corrected chi connectivity index (χ2v) is 8.79. The maximum absolute atomic E-state index is 12.9. The third-order valence-electron chi connectivity index (χ3n) is 4.50. The lowest BCUT2D eigenvalue weighted by molar-refractivity contribution is 0.179. The van der Waals surface area contributed by atoms with Gasteiger partial charge in [0.25, 0.3) is 0 Å². The molecule has 130 valence electrons. The lowest BCUT2D eigenvalue weighted by atomic mass is 10.2. The molecule has 1 aromatic rings.